The highest BCUT2D eigenvalue weighted by Gasteiger charge is 2.20. The molecule has 0 bridgehead atoms. The molecule has 0 radical (unpaired) electrons. The van der Waals surface area contributed by atoms with E-state index in [1.165, 1.54) is 32.1 Å². The van der Waals surface area contributed by atoms with Crippen LogP contribution in [0, 0.1) is 6.92 Å². The SMILES string of the molecule is CCC1CCCCCN1Cc1nc(C)cc(N)n1. The van der Waals surface area contributed by atoms with E-state index in [-0.39, 0.29) is 0 Å². The first-order chi connectivity index (χ1) is 8.69. The molecule has 18 heavy (non-hydrogen) atoms. The molecule has 0 spiro atoms. The van der Waals surface area contributed by atoms with Crippen molar-refractivity contribution in [2.45, 2.75) is 58.5 Å². The summed E-state index contributed by atoms with van der Waals surface area (Å²) in [6, 6.07) is 2.50. The molecule has 1 saturated heterocycles. The molecule has 4 heteroatoms. The standard InChI is InChI=1S/C14H24N4/c1-3-12-7-5-4-6-8-18(12)10-14-16-11(2)9-13(15)17-14/h9,12H,3-8,10H2,1-2H3,(H2,15,16,17). The topological polar surface area (TPSA) is 55.0 Å². The minimum Gasteiger partial charge on any atom is -0.384 e. The normalized spacial score (nSPS) is 21.8. The minimum atomic E-state index is 0.584. The zero-order valence-corrected chi connectivity index (χ0v) is 11.5. The van der Waals surface area contributed by atoms with E-state index in [2.05, 4.69) is 21.8 Å². The van der Waals surface area contributed by atoms with Crippen LogP contribution in [0.2, 0.25) is 0 Å². The zero-order valence-electron chi connectivity index (χ0n) is 11.5. The van der Waals surface area contributed by atoms with E-state index in [0.29, 0.717) is 11.9 Å². The highest BCUT2D eigenvalue weighted by atomic mass is 15.2. The summed E-state index contributed by atoms with van der Waals surface area (Å²) in [6.45, 7) is 6.25. The number of likely N-dealkylation sites (tertiary alicyclic amines) is 1. The van der Waals surface area contributed by atoms with Crippen molar-refractivity contribution in [3.63, 3.8) is 0 Å². The summed E-state index contributed by atoms with van der Waals surface area (Å²) in [5.41, 5.74) is 6.75. The van der Waals surface area contributed by atoms with Gasteiger partial charge in [0.15, 0.2) is 0 Å². The predicted molar refractivity (Wildman–Crippen MR) is 74.1 cm³/mol. The van der Waals surface area contributed by atoms with Crippen molar-refractivity contribution in [3.05, 3.63) is 17.6 Å². The van der Waals surface area contributed by atoms with Crippen LogP contribution in [0.3, 0.4) is 0 Å². The number of nitrogens with zero attached hydrogens (tertiary/aromatic N) is 3. The highest BCUT2D eigenvalue weighted by molar-refractivity contribution is 5.29. The number of rotatable bonds is 3. The maximum absolute atomic E-state index is 5.79. The van der Waals surface area contributed by atoms with Gasteiger partial charge in [0, 0.05) is 17.8 Å². The lowest BCUT2D eigenvalue weighted by molar-refractivity contribution is 0.181. The van der Waals surface area contributed by atoms with Crippen molar-refractivity contribution in [2.24, 2.45) is 0 Å². The quantitative estimate of drug-likeness (QED) is 0.893. The molecule has 2 N–H and O–H groups in total. The van der Waals surface area contributed by atoms with Crippen molar-refractivity contribution >= 4 is 5.82 Å². The van der Waals surface area contributed by atoms with Gasteiger partial charge in [-0.2, -0.15) is 0 Å². The van der Waals surface area contributed by atoms with Crippen LogP contribution in [0.1, 0.15) is 50.5 Å². The Kier molecular flexibility index (Phi) is 4.53. The van der Waals surface area contributed by atoms with Gasteiger partial charge in [0.25, 0.3) is 0 Å². The van der Waals surface area contributed by atoms with Gasteiger partial charge in [-0.3, -0.25) is 4.90 Å². The minimum absolute atomic E-state index is 0.584. The lowest BCUT2D eigenvalue weighted by Crippen LogP contribution is -2.34. The Morgan fingerprint density at radius 2 is 2.17 bits per heavy atom. The Labute approximate surface area is 110 Å². The first kappa shape index (κ1) is 13.3. The van der Waals surface area contributed by atoms with Crippen LogP contribution in [0.15, 0.2) is 6.07 Å². The van der Waals surface area contributed by atoms with Gasteiger partial charge in [-0.25, -0.2) is 9.97 Å². The summed E-state index contributed by atoms with van der Waals surface area (Å²) in [4.78, 5) is 11.4. The molecule has 100 valence electrons. The lowest BCUT2D eigenvalue weighted by Gasteiger charge is -2.28. The highest BCUT2D eigenvalue weighted by Crippen LogP contribution is 2.20. The Morgan fingerprint density at radius 3 is 2.89 bits per heavy atom. The molecule has 0 aromatic carbocycles. The second-order valence-corrected chi connectivity index (χ2v) is 5.23. The summed E-state index contributed by atoms with van der Waals surface area (Å²) in [5, 5.41) is 0. The molecular weight excluding hydrogens is 224 g/mol. The first-order valence-electron chi connectivity index (χ1n) is 7.03. The average Bonchev–Trinajstić information content (AvgIpc) is 2.52. The van der Waals surface area contributed by atoms with Gasteiger partial charge < -0.3 is 5.73 Å². The Hall–Kier alpha value is -1.16. The number of nitrogens with two attached hydrogens (primary N) is 1. The average molecular weight is 248 g/mol. The van der Waals surface area contributed by atoms with Gasteiger partial charge in [-0.15, -0.1) is 0 Å². The number of aromatic nitrogens is 2. The summed E-state index contributed by atoms with van der Waals surface area (Å²) in [6.07, 6.45) is 6.51. The molecular formula is C14H24N4. The van der Waals surface area contributed by atoms with E-state index < -0.39 is 0 Å². The van der Waals surface area contributed by atoms with Gasteiger partial charge in [0.2, 0.25) is 0 Å². The molecule has 1 fully saturated rings. The van der Waals surface area contributed by atoms with Crippen LogP contribution in [0.25, 0.3) is 0 Å². The van der Waals surface area contributed by atoms with Crippen molar-refractivity contribution in [1.82, 2.24) is 14.9 Å². The van der Waals surface area contributed by atoms with Crippen LogP contribution >= 0.6 is 0 Å². The first-order valence-corrected chi connectivity index (χ1v) is 7.03. The van der Waals surface area contributed by atoms with E-state index in [1.807, 2.05) is 13.0 Å². The number of hydrogen-bond donors (Lipinski definition) is 1. The molecule has 0 aliphatic carbocycles. The van der Waals surface area contributed by atoms with Crippen molar-refractivity contribution in [3.8, 4) is 0 Å². The largest absolute Gasteiger partial charge is 0.384 e. The number of aryl methyl sites for hydroxylation is 1. The maximum atomic E-state index is 5.79. The van der Waals surface area contributed by atoms with Crippen molar-refractivity contribution in [1.29, 1.82) is 0 Å². The fourth-order valence-corrected chi connectivity index (χ4v) is 2.82. The van der Waals surface area contributed by atoms with E-state index in [0.717, 1.165) is 24.6 Å². The molecule has 2 heterocycles. The predicted octanol–water partition coefficient (Wildman–Crippen LogP) is 2.52. The molecule has 0 saturated carbocycles. The third-order valence-electron chi connectivity index (χ3n) is 3.74. The number of nitrogen functional groups attached to an aromatic ring is 1. The molecule has 2 rings (SSSR count). The van der Waals surface area contributed by atoms with Gasteiger partial charge in [-0.05, 0) is 32.7 Å². The van der Waals surface area contributed by atoms with Crippen molar-refractivity contribution < 1.29 is 0 Å². The van der Waals surface area contributed by atoms with Gasteiger partial charge >= 0.3 is 0 Å². The lowest BCUT2D eigenvalue weighted by atomic mass is 10.1. The van der Waals surface area contributed by atoms with Gasteiger partial charge in [-0.1, -0.05) is 19.8 Å². The fraction of sp³-hybridized carbons (Fsp3) is 0.714. The third-order valence-corrected chi connectivity index (χ3v) is 3.74. The van der Waals surface area contributed by atoms with E-state index in [1.54, 1.807) is 0 Å². The molecule has 1 aliphatic rings. The van der Waals surface area contributed by atoms with Gasteiger partial charge in [0.05, 0.1) is 6.54 Å². The molecule has 4 nitrogen and oxygen atoms in total. The molecule has 1 atom stereocenters. The van der Waals surface area contributed by atoms with Crippen LogP contribution in [0.5, 0.6) is 0 Å². The van der Waals surface area contributed by atoms with Crippen LogP contribution in [-0.2, 0) is 6.54 Å². The molecule has 1 aliphatic heterocycles. The second kappa shape index (κ2) is 6.14. The Bertz CT molecular complexity index is 371. The van der Waals surface area contributed by atoms with E-state index >= 15 is 0 Å². The summed E-state index contributed by atoms with van der Waals surface area (Å²) >= 11 is 0. The summed E-state index contributed by atoms with van der Waals surface area (Å²) in [5.74, 6) is 1.45. The number of anilines is 1. The zero-order chi connectivity index (χ0) is 13.0. The summed E-state index contributed by atoms with van der Waals surface area (Å²) in [7, 11) is 0. The Morgan fingerprint density at radius 1 is 1.33 bits per heavy atom. The maximum Gasteiger partial charge on any atom is 0.144 e. The van der Waals surface area contributed by atoms with E-state index in [9.17, 15) is 0 Å². The summed E-state index contributed by atoms with van der Waals surface area (Å²) < 4.78 is 0. The van der Waals surface area contributed by atoms with Crippen LogP contribution in [-0.4, -0.2) is 27.5 Å². The molecule has 1 aromatic heterocycles. The van der Waals surface area contributed by atoms with Crippen molar-refractivity contribution in [2.75, 3.05) is 12.3 Å². The van der Waals surface area contributed by atoms with E-state index in [4.69, 9.17) is 5.73 Å². The molecule has 1 unspecified atom stereocenters. The smallest absolute Gasteiger partial charge is 0.144 e. The van der Waals surface area contributed by atoms with Crippen LogP contribution < -0.4 is 5.73 Å². The molecule has 0 amide bonds. The fourth-order valence-electron chi connectivity index (χ4n) is 2.82. The Balaban J connectivity index is 2.09. The second-order valence-electron chi connectivity index (χ2n) is 5.23. The van der Waals surface area contributed by atoms with Gasteiger partial charge in [0.1, 0.15) is 11.6 Å². The third kappa shape index (κ3) is 3.42. The monoisotopic (exact) mass is 248 g/mol. The van der Waals surface area contributed by atoms with Crippen LogP contribution in [0.4, 0.5) is 5.82 Å². The number of hydrogen-bond acceptors (Lipinski definition) is 4. The molecule has 1 aromatic rings.